The Morgan fingerprint density at radius 2 is 0.900 bits per heavy atom. The van der Waals surface area contributed by atoms with Crippen LogP contribution in [0.1, 0.15) is 239 Å². The molecule has 0 aromatic carbocycles. The molecule has 0 amide bonds. The molecular weight excluding hydrogens is 761 g/mol. The van der Waals surface area contributed by atoms with Gasteiger partial charge in [0, 0.05) is 12.8 Å². The second kappa shape index (κ2) is 41.5. The molecule has 0 aromatic rings. The fraction of sp³-hybridized carbons (Fsp3) is 0.920. The van der Waals surface area contributed by atoms with Gasteiger partial charge < -0.3 is 39.4 Å². The molecule has 0 aromatic heterocycles. The smallest absolute Gasteiger partial charge is 0.306 e. The summed E-state index contributed by atoms with van der Waals surface area (Å²) >= 11 is 0. The number of esters is 2. The topological polar surface area (TPSA) is 152 Å². The van der Waals surface area contributed by atoms with Gasteiger partial charge in [0.2, 0.25) is 0 Å². The molecule has 1 aliphatic heterocycles. The van der Waals surface area contributed by atoms with Gasteiger partial charge in [-0.1, -0.05) is 206 Å². The van der Waals surface area contributed by atoms with Crippen LogP contribution in [0.5, 0.6) is 0 Å². The van der Waals surface area contributed by atoms with Gasteiger partial charge in [0.25, 0.3) is 0 Å². The zero-order valence-electron chi connectivity index (χ0n) is 38.7. The van der Waals surface area contributed by atoms with Crippen LogP contribution in [-0.4, -0.2) is 89.0 Å². The molecule has 6 atom stereocenters. The second-order valence-corrected chi connectivity index (χ2v) is 17.6. The number of hydrogen-bond donors (Lipinski definition) is 4. The monoisotopic (exact) mass is 855 g/mol. The Morgan fingerprint density at radius 1 is 0.500 bits per heavy atom. The summed E-state index contributed by atoms with van der Waals surface area (Å²) in [7, 11) is 0. The van der Waals surface area contributed by atoms with Crippen LogP contribution in [0, 0.1) is 0 Å². The molecule has 2 unspecified atom stereocenters. The highest BCUT2D eigenvalue weighted by molar-refractivity contribution is 5.70. The Labute approximate surface area is 367 Å². The van der Waals surface area contributed by atoms with Gasteiger partial charge in [0.15, 0.2) is 12.4 Å². The van der Waals surface area contributed by atoms with Crippen LogP contribution in [-0.2, 0) is 28.5 Å². The third-order valence-corrected chi connectivity index (χ3v) is 11.9. The lowest BCUT2D eigenvalue weighted by atomic mass is 9.99. The number of rotatable bonds is 43. The first-order valence-corrected chi connectivity index (χ1v) is 25.3. The Bertz CT molecular complexity index is 990. The highest BCUT2D eigenvalue weighted by Gasteiger charge is 2.44. The first kappa shape index (κ1) is 56.5. The van der Waals surface area contributed by atoms with Gasteiger partial charge in [-0.15, -0.1) is 0 Å². The van der Waals surface area contributed by atoms with Crippen LogP contribution in [0.15, 0.2) is 12.2 Å². The molecule has 1 heterocycles. The maximum absolute atomic E-state index is 12.8. The lowest BCUT2D eigenvalue weighted by Crippen LogP contribution is -2.59. The predicted octanol–water partition coefficient (Wildman–Crippen LogP) is 11.5. The molecule has 10 nitrogen and oxygen atoms in total. The number of hydrogen-bond acceptors (Lipinski definition) is 10. The molecule has 0 radical (unpaired) electrons. The van der Waals surface area contributed by atoms with Crippen LogP contribution in [0.2, 0.25) is 0 Å². The average Bonchev–Trinajstić information content (AvgIpc) is 3.25. The zero-order valence-corrected chi connectivity index (χ0v) is 38.7. The molecule has 4 N–H and O–H groups in total. The normalized spacial score (nSPS) is 19.9. The Hall–Kier alpha value is -1.56. The van der Waals surface area contributed by atoms with Gasteiger partial charge in [-0.05, 0) is 32.1 Å². The quantitative estimate of drug-likeness (QED) is 0.0265. The molecule has 1 fully saturated rings. The molecule has 0 spiro atoms. The van der Waals surface area contributed by atoms with Gasteiger partial charge in [0.05, 0.1) is 13.2 Å². The molecule has 1 aliphatic rings. The molecule has 1 rings (SSSR count). The van der Waals surface area contributed by atoms with Crippen molar-refractivity contribution in [1.29, 1.82) is 0 Å². The fourth-order valence-corrected chi connectivity index (χ4v) is 7.88. The van der Waals surface area contributed by atoms with Crippen molar-refractivity contribution < 1.29 is 49.0 Å². The second-order valence-electron chi connectivity index (χ2n) is 17.6. The summed E-state index contributed by atoms with van der Waals surface area (Å²) in [4.78, 5) is 25.4. The van der Waals surface area contributed by atoms with Gasteiger partial charge >= 0.3 is 11.9 Å². The van der Waals surface area contributed by atoms with E-state index < -0.39 is 49.4 Å². The third-order valence-electron chi connectivity index (χ3n) is 11.9. The molecule has 60 heavy (non-hydrogen) atoms. The first-order chi connectivity index (χ1) is 29.3. The lowest BCUT2D eigenvalue weighted by Gasteiger charge is -2.39. The minimum atomic E-state index is -1.59. The molecule has 0 aliphatic carbocycles. The fourth-order valence-electron chi connectivity index (χ4n) is 7.88. The van der Waals surface area contributed by atoms with Crippen molar-refractivity contribution in [3.05, 3.63) is 12.2 Å². The van der Waals surface area contributed by atoms with E-state index in [1.54, 1.807) is 0 Å². The van der Waals surface area contributed by atoms with E-state index in [4.69, 9.17) is 18.9 Å². The minimum Gasteiger partial charge on any atom is -0.462 e. The van der Waals surface area contributed by atoms with Crippen molar-refractivity contribution in [1.82, 2.24) is 0 Å². The Kier molecular flexibility index (Phi) is 39.0. The van der Waals surface area contributed by atoms with Crippen molar-refractivity contribution in [2.75, 3.05) is 19.8 Å². The van der Waals surface area contributed by atoms with Crippen LogP contribution < -0.4 is 0 Å². The highest BCUT2D eigenvalue weighted by atomic mass is 16.7. The Balaban J connectivity index is 2.24. The summed E-state index contributed by atoms with van der Waals surface area (Å²) < 4.78 is 22.2. The number of aliphatic hydroxyl groups excluding tert-OH is 4. The van der Waals surface area contributed by atoms with E-state index in [0.29, 0.717) is 6.42 Å². The Morgan fingerprint density at radius 3 is 1.35 bits per heavy atom. The lowest BCUT2D eigenvalue weighted by molar-refractivity contribution is -0.305. The van der Waals surface area contributed by atoms with Gasteiger partial charge in [0.1, 0.15) is 31.0 Å². The average molecular weight is 855 g/mol. The van der Waals surface area contributed by atoms with E-state index in [9.17, 15) is 30.0 Å². The summed E-state index contributed by atoms with van der Waals surface area (Å²) in [5, 5.41) is 40.2. The SMILES string of the molecule is CCCC/C=C/CCCCCCCCCCCC(=O)O[C@@H](COC(=O)CCCCCCCCCCCCCCCCCCCCCC)CO[C@H]1O[C@@H](CO)[C@@H](O)C(O)C1O. The molecule has 0 bridgehead atoms. The standard InChI is InChI=1S/C50H94O10/c1-3-5-7-9-11-13-15-17-19-20-21-22-23-25-26-28-30-32-34-36-38-45(52)57-41-43(42-58-50-49(56)48(55)47(54)44(40-51)60-50)59-46(53)39-37-35-33-31-29-27-24-18-16-14-12-10-8-6-4-2/h10,12,43-44,47-51,54-56H,3-9,11,13-42H2,1-2H3/b12-10+/t43-,44-,47+,48?,49?,50-/m0/s1. The highest BCUT2D eigenvalue weighted by Crippen LogP contribution is 2.23. The molecule has 354 valence electrons. The summed E-state index contributed by atoms with van der Waals surface area (Å²) in [6, 6.07) is 0. The molecule has 0 saturated carbocycles. The van der Waals surface area contributed by atoms with Crippen molar-refractivity contribution >= 4 is 11.9 Å². The first-order valence-electron chi connectivity index (χ1n) is 25.3. The zero-order chi connectivity index (χ0) is 43.7. The minimum absolute atomic E-state index is 0.212. The largest absolute Gasteiger partial charge is 0.462 e. The van der Waals surface area contributed by atoms with Gasteiger partial charge in [-0.3, -0.25) is 9.59 Å². The van der Waals surface area contributed by atoms with Gasteiger partial charge in [-0.25, -0.2) is 0 Å². The van der Waals surface area contributed by atoms with Crippen molar-refractivity contribution in [3.63, 3.8) is 0 Å². The summed E-state index contributed by atoms with van der Waals surface area (Å²) in [6.07, 6.45) is 37.9. The van der Waals surface area contributed by atoms with E-state index in [0.717, 1.165) is 38.5 Å². The van der Waals surface area contributed by atoms with E-state index in [-0.39, 0.29) is 32.0 Å². The molecular formula is C50H94O10. The number of carbonyl (C=O) groups is 2. The van der Waals surface area contributed by atoms with Crippen molar-refractivity contribution in [2.24, 2.45) is 0 Å². The van der Waals surface area contributed by atoms with Crippen LogP contribution in [0.25, 0.3) is 0 Å². The molecule has 1 saturated heterocycles. The predicted molar refractivity (Wildman–Crippen MR) is 243 cm³/mol. The summed E-state index contributed by atoms with van der Waals surface area (Å²) in [6.45, 7) is 3.43. The summed E-state index contributed by atoms with van der Waals surface area (Å²) in [5.41, 5.74) is 0. The maximum Gasteiger partial charge on any atom is 0.306 e. The van der Waals surface area contributed by atoms with Crippen molar-refractivity contribution in [3.8, 4) is 0 Å². The van der Waals surface area contributed by atoms with Crippen LogP contribution in [0.4, 0.5) is 0 Å². The van der Waals surface area contributed by atoms with Gasteiger partial charge in [-0.2, -0.15) is 0 Å². The number of aliphatic hydroxyl groups is 4. The van der Waals surface area contributed by atoms with E-state index >= 15 is 0 Å². The number of unbranched alkanes of at least 4 members (excludes halogenated alkanes) is 30. The van der Waals surface area contributed by atoms with E-state index in [2.05, 4.69) is 26.0 Å². The van der Waals surface area contributed by atoms with Crippen molar-refractivity contribution in [2.45, 2.75) is 275 Å². The van der Waals surface area contributed by atoms with Crippen LogP contribution >= 0.6 is 0 Å². The van der Waals surface area contributed by atoms with E-state index in [1.165, 1.54) is 167 Å². The number of carbonyl (C=O) groups excluding carboxylic acids is 2. The number of allylic oxidation sites excluding steroid dienone is 2. The summed E-state index contributed by atoms with van der Waals surface area (Å²) in [5.74, 6) is -0.795. The van der Waals surface area contributed by atoms with E-state index in [1.807, 2.05) is 0 Å². The third kappa shape index (κ3) is 32.2. The number of ether oxygens (including phenoxy) is 4. The maximum atomic E-state index is 12.8. The van der Waals surface area contributed by atoms with Crippen LogP contribution in [0.3, 0.4) is 0 Å². The molecule has 10 heteroatoms.